The standard InChI is InChI=1S/C20H14BrClN2O2S/c21-14-2-1-3-16(12-14)23-20(27)24-19(25)11-9-17-8-10-18(26-17)13-4-6-15(22)7-5-13/h1-12H,(H2,23,24,25,27). The molecule has 3 rings (SSSR count). The molecule has 1 amide bonds. The van der Waals surface area contributed by atoms with E-state index in [0.717, 1.165) is 15.7 Å². The molecule has 136 valence electrons. The third-order valence-electron chi connectivity index (χ3n) is 3.47. The molecule has 0 spiro atoms. The first-order valence-corrected chi connectivity index (χ1v) is 9.49. The van der Waals surface area contributed by atoms with Crippen molar-refractivity contribution >= 4 is 62.5 Å². The fourth-order valence-electron chi connectivity index (χ4n) is 2.25. The van der Waals surface area contributed by atoms with E-state index in [1.165, 1.54) is 6.08 Å². The highest BCUT2D eigenvalue weighted by Gasteiger charge is 2.05. The molecule has 4 nitrogen and oxygen atoms in total. The first-order chi connectivity index (χ1) is 13.0. The molecule has 0 atom stereocenters. The van der Waals surface area contributed by atoms with E-state index in [0.29, 0.717) is 16.5 Å². The molecule has 1 aromatic heterocycles. The van der Waals surface area contributed by atoms with Crippen LogP contribution in [0.3, 0.4) is 0 Å². The van der Waals surface area contributed by atoms with Crippen molar-refractivity contribution in [3.05, 3.63) is 82.0 Å². The van der Waals surface area contributed by atoms with E-state index < -0.39 is 0 Å². The quantitative estimate of drug-likeness (QED) is 0.376. The van der Waals surface area contributed by atoms with Gasteiger partial charge in [0.15, 0.2) is 5.11 Å². The zero-order valence-electron chi connectivity index (χ0n) is 13.9. The zero-order chi connectivity index (χ0) is 19.2. The summed E-state index contributed by atoms with van der Waals surface area (Å²) in [5.74, 6) is 0.895. The molecule has 0 aliphatic carbocycles. The van der Waals surface area contributed by atoms with Gasteiger partial charge < -0.3 is 9.73 Å². The highest BCUT2D eigenvalue weighted by atomic mass is 79.9. The van der Waals surface area contributed by atoms with Crippen LogP contribution in [0.15, 0.2) is 75.6 Å². The van der Waals surface area contributed by atoms with Gasteiger partial charge in [-0.3, -0.25) is 10.1 Å². The fraction of sp³-hybridized carbons (Fsp3) is 0. The maximum absolute atomic E-state index is 12.0. The Morgan fingerprint density at radius 1 is 1.11 bits per heavy atom. The smallest absolute Gasteiger partial charge is 0.250 e. The number of furan rings is 1. The summed E-state index contributed by atoms with van der Waals surface area (Å²) < 4.78 is 6.62. The Morgan fingerprint density at radius 2 is 1.89 bits per heavy atom. The van der Waals surface area contributed by atoms with Gasteiger partial charge in [0.1, 0.15) is 11.5 Å². The van der Waals surface area contributed by atoms with Crippen molar-refractivity contribution in [2.75, 3.05) is 5.32 Å². The molecule has 2 aromatic carbocycles. The van der Waals surface area contributed by atoms with E-state index in [-0.39, 0.29) is 11.0 Å². The van der Waals surface area contributed by atoms with Crippen LogP contribution in [0.2, 0.25) is 5.02 Å². The Balaban J connectivity index is 1.57. The first kappa shape index (κ1) is 19.4. The maximum Gasteiger partial charge on any atom is 0.250 e. The Bertz CT molecular complexity index is 999. The summed E-state index contributed by atoms with van der Waals surface area (Å²) in [5, 5.41) is 6.40. The van der Waals surface area contributed by atoms with Crippen LogP contribution < -0.4 is 10.6 Å². The van der Waals surface area contributed by atoms with Crippen LogP contribution in [-0.2, 0) is 4.79 Å². The van der Waals surface area contributed by atoms with Crippen LogP contribution in [0.4, 0.5) is 5.69 Å². The largest absolute Gasteiger partial charge is 0.457 e. The summed E-state index contributed by atoms with van der Waals surface area (Å²) >= 11 is 14.4. The lowest BCUT2D eigenvalue weighted by Gasteiger charge is -2.08. The number of halogens is 2. The van der Waals surface area contributed by atoms with Gasteiger partial charge in [-0.15, -0.1) is 0 Å². The third-order valence-corrected chi connectivity index (χ3v) is 4.42. The second-order valence-electron chi connectivity index (χ2n) is 5.50. The topological polar surface area (TPSA) is 54.3 Å². The van der Waals surface area contributed by atoms with Crippen molar-refractivity contribution in [2.24, 2.45) is 0 Å². The summed E-state index contributed by atoms with van der Waals surface area (Å²) in [6.45, 7) is 0. The maximum atomic E-state index is 12.0. The van der Waals surface area contributed by atoms with Gasteiger partial charge in [-0.25, -0.2) is 0 Å². The number of rotatable bonds is 4. The zero-order valence-corrected chi connectivity index (χ0v) is 17.1. The minimum absolute atomic E-state index is 0.212. The highest BCUT2D eigenvalue weighted by Crippen LogP contribution is 2.24. The molecule has 0 bridgehead atoms. The Labute approximate surface area is 175 Å². The number of hydrogen-bond acceptors (Lipinski definition) is 3. The van der Waals surface area contributed by atoms with Gasteiger partial charge >= 0.3 is 0 Å². The molecule has 3 aromatic rings. The molecule has 0 aliphatic heterocycles. The fourth-order valence-corrected chi connectivity index (χ4v) is 3.00. The normalized spacial score (nSPS) is 10.7. The monoisotopic (exact) mass is 460 g/mol. The van der Waals surface area contributed by atoms with Crippen LogP contribution in [0.25, 0.3) is 17.4 Å². The Hall–Kier alpha value is -2.41. The second kappa shape index (κ2) is 8.99. The number of benzene rings is 2. The van der Waals surface area contributed by atoms with Gasteiger partial charge in [0, 0.05) is 26.8 Å². The van der Waals surface area contributed by atoms with Gasteiger partial charge in [-0.1, -0.05) is 33.6 Å². The van der Waals surface area contributed by atoms with Crippen molar-refractivity contribution in [3.63, 3.8) is 0 Å². The number of nitrogens with one attached hydrogen (secondary N) is 2. The van der Waals surface area contributed by atoms with Gasteiger partial charge in [0.25, 0.3) is 0 Å². The van der Waals surface area contributed by atoms with E-state index >= 15 is 0 Å². The minimum atomic E-state index is -0.355. The van der Waals surface area contributed by atoms with Gasteiger partial charge in [-0.2, -0.15) is 0 Å². The van der Waals surface area contributed by atoms with Gasteiger partial charge in [0.05, 0.1) is 0 Å². The molecule has 0 fully saturated rings. The molecular formula is C20H14BrClN2O2S. The molecule has 2 N–H and O–H groups in total. The second-order valence-corrected chi connectivity index (χ2v) is 7.26. The summed E-state index contributed by atoms with van der Waals surface area (Å²) in [7, 11) is 0. The highest BCUT2D eigenvalue weighted by molar-refractivity contribution is 9.10. The van der Waals surface area contributed by atoms with Crippen molar-refractivity contribution < 1.29 is 9.21 Å². The Kier molecular flexibility index (Phi) is 6.45. The van der Waals surface area contributed by atoms with Crippen molar-refractivity contribution in [2.45, 2.75) is 0 Å². The number of anilines is 1. The number of amides is 1. The van der Waals surface area contributed by atoms with Crippen LogP contribution in [0.1, 0.15) is 5.76 Å². The molecule has 0 saturated heterocycles. The third kappa shape index (κ3) is 5.79. The van der Waals surface area contributed by atoms with Gasteiger partial charge in [0.2, 0.25) is 5.91 Å². The summed E-state index contributed by atoms with van der Waals surface area (Å²) in [5.41, 5.74) is 1.68. The van der Waals surface area contributed by atoms with E-state index in [4.69, 9.17) is 28.2 Å². The molecule has 7 heteroatoms. The van der Waals surface area contributed by atoms with Crippen molar-refractivity contribution in [1.29, 1.82) is 0 Å². The SMILES string of the molecule is O=C(C=Cc1ccc(-c2ccc(Cl)cc2)o1)NC(=S)Nc1cccc(Br)c1. The lowest BCUT2D eigenvalue weighted by atomic mass is 10.2. The molecular weight excluding hydrogens is 448 g/mol. The molecule has 0 unspecified atom stereocenters. The van der Waals surface area contributed by atoms with E-state index in [1.54, 1.807) is 24.3 Å². The summed E-state index contributed by atoms with van der Waals surface area (Å²) in [4.78, 5) is 12.0. The van der Waals surface area contributed by atoms with Crippen molar-refractivity contribution in [1.82, 2.24) is 5.32 Å². The van der Waals surface area contributed by atoms with E-state index in [9.17, 15) is 4.79 Å². The van der Waals surface area contributed by atoms with E-state index in [2.05, 4.69) is 26.6 Å². The Morgan fingerprint density at radius 3 is 2.63 bits per heavy atom. The predicted octanol–water partition coefficient (Wildman–Crippen LogP) is 5.89. The average molecular weight is 462 g/mol. The van der Waals surface area contributed by atoms with Gasteiger partial charge in [-0.05, 0) is 72.9 Å². The number of carbonyl (C=O) groups is 1. The molecule has 27 heavy (non-hydrogen) atoms. The van der Waals surface area contributed by atoms with Crippen LogP contribution in [0, 0.1) is 0 Å². The van der Waals surface area contributed by atoms with Crippen molar-refractivity contribution in [3.8, 4) is 11.3 Å². The molecule has 1 heterocycles. The first-order valence-electron chi connectivity index (χ1n) is 7.91. The van der Waals surface area contributed by atoms with Crippen LogP contribution >= 0.6 is 39.7 Å². The number of carbonyl (C=O) groups excluding carboxylic acids is 1. The predicted molar refractivity (Wildman–Crippen MR) is 117 cm³/mol. The van der Waals surface area contributed by atoms with Crippen LogP contribution in [0.5, 0.6) is 0 Å². The summed E-state index contributed by atoms with van der Waals surface area (Å²) in [6.07, 6.45) is 2.94. The minimum Gasteiger partial charge on any atom is -0.457 e. The van der Waals surface area contributed by atoms with E-state index in [1.807, 2.05) is 42.5 Å². The molecule has 0 radical (unpaired) electrons. The summed E-state index contributed by atoms with van der Waals surface area (Å²) in [6, 6.07) is 18.4. The average Bonchev–Trinajstić information content (AvgIpc) is 3.09. The van der Waals surface area contributed by atoms with Crippen LogP contribution in [-0.4, -0.2) is 11.0 Å². The lowest BCUT2D eigenvalue weighted by molar-refractivity contribution is -0.115. The number of thiocarbonyl (C=S) groups is 1. The number of hydrogen-bond donors (Lipinski definition) is 2. The lowest BCUT2D eigenvalue weighted by Crippen LogP contribution is -2.32. The molecule has 0 saturated carbocycles. The molecule has 0 aliphatic rings.